The van der Waals surface area contributed by atoms with Crippen LogP contribution in [0, 0.1) is 5.41 Å². The zero-order valence-corrected chi connectivity index (χ0v) is 23.6. The fourth-order valence-electron chi connectivity index (χ4n) is 5.96. The van der Waals surface area contributed by atoms with Gasteiger partial charge in [-0.15, -0.1) is 0 Å². The Morgan fingerprint density at radius 1 is 1.13 bits per heavy atom. The molecule has 3 heterocycles. The van der Waals surface area contributed by atoms with Crippen molar-refractivity contribution in [2.24, 2.45) is 5.41 Å². The average Bonchev–Trinajstić information content (AvgIpc) is 3.37. The van der Waals surface area contributed by atoms with Crippen LogP contribution in [0.1, 0.15) is 40.0 Å². The zero-order chi connectivity index (χ0) is 27.3. The molecule has 12 heteroatoms. The van der Waals surface area contributed by atoms with Gasteiger partial charge >= 0.3 is 11.8 Å². The summed E-state index contributed by atoms with van der Waals surface area (Å²) in [4.78, 5) is 29.0. The van der Waals surface area contributed by atoms with Gasteiger partial charge in [0.15, 0.2) is 5.58 Å². The smallest absolute Gasteiger partial charge is 0.419 e. The van der Waals surface area contributed by atoms with E-state index in [1.54, 1.807) is 4.57 Å². The molecule has 38 heavy (non-hydrogen) atoms. The third-order valence-electron chi connectivity index (χ3n) is 7.93. The van der Waals surface area contributed by atoms with Gasteiger partial charge in [-0.25, -0.2) is 18.0 Å². The predicted molar refractivity (Wildman–Crippen MR) is 145 cm³/mol. The molecule has 0 unspecified atom stereocenters. The van der Waals surface area contributed by atoms with E-state index in [2.05, 4.69) is 10.2 Å². The lowest BCUT2D eigenvalue weighted by Crippen LogP contribution is -2.49. The number of piperazine rings is 1. The van der Waals surface area contributed by atoms with Gasteiger partial charge in [-0.1, -0.05) is 0 Å². The number of anilines is 1. The number of ether oxygens (including phenoxy) is 1. The molecule has 1 spiro atoms. The molecule has 1 amide bonds. The number of nitrogens with one attached hydrogen (secondary N) is 1. The quantitative estimate of drug-likeness (QED) is 0.584. The van der Waals surface area contributed by atoms with E-state index in [4.69, 9.17) is 9.15 Å². The highest BCUT2D eigenvalue weighted by atomic mass is 32.2. The first kappa shape index (κ1) is 27.0. The van der Waals surface area contributed by atoms with Gasteiger partial charge in [0.2, 0.25) is 10.0 Å². The van der Waals surface area contributed by atoms with Crippen molar-refractivity contribution >= 4 is 32.9 Å². The van der Waals surface area contributed by atoms with Crippen LogP contribution in [-0.4, -0.2) is 96.9 Å². The molecule has 1 saturated carbocycles. The van der Waals surface area contributed by atoms with Crippen LogP contribution in [0.3, 0.4) is 0 Å². The highest BCUT2D eigenvalue weighted by molar-refractivity contribution is 7.88. The van der Waals surface area contributed by atoms with Gasteiger partial charge < -0.3 is 19.4 Å². The Balaban J connectivity index is 1.16. The van der Waals surface area contributed by atoms with Crippen molar-refractivity contribution in [2.45, 2.75) is 58.2 Å². The first-order chi connectivity index (χ1) is 17.8. The molecule has 210 valence electrons. The van der Waals surface area contributed by atoms with Crippen LogP contribution in [0.4, 0.5) is 10.5 Å². The number of oxazole rings is 1. The molecular formula is C26H39N5O6S. The van der Waals surface area contributed by atoms with Crippen molar-refractivity contribution < 1.29 is 22.4 Å². The summed E-state index contributed by atoms with van der Waals surface area (Å²) < 4.78 is 37.6. The van der Waals surface area contributed by atoms with Gasteiger partial charge in [0, 0.05) is 64.1 Å². The second kappa shape index (κ2) is 9.87. The summed E-state index contributed by atoms with van der Waals surface area (Å²) in [6, 6.07) is 6.04. The van der Waals surface area contributed by atoms with Gasteiger partial charge in [-0.3, -0.25) is 9.47 Å². The summed E-state index contributed by atoms with van der Waals surface area (Å²) in [5, 5.41) is 3.60. The van der Waals surface area contributed by atoms with E-state index >= 15 is 0 Å². The predicted octanol–water partition coefficient (Wildman–Crippen LogP) is 2.37. The van der Waals surface area contributed by atoms with Crippen LogP contribution in [0.25, 0.3) is 11.1 Å². The van der Waals surface area contributed by atoms with Crippen molar-refractivity contribution in [2.75, 3.05) is 57.4 Å². The molecule has 11 nitrogen and oxygen atoms in total. The number of nitrogens with zero attached hydrogens (tertiary/aromatic N) is 4. The molecule has 1 aromatic carbocycles. The van der Waals surface area contributed by atoms with Gasteiger partial charge in [-0.2, -0.15) is 4.31 Å². The molecule has 0 bridgehead atoms. The van der Waals surface area contributed by atoms with E-state index in [0.29, 0.717) is 50.9 Å². The number of hydrogen-bond donors (Lipinski definition) is 1. The monoisotopic (exact) mass is 549 g/mol. The topological polar surface area (TPSA) is 117 Å². The van der Waals surface area contributed by atoms with Crippen molar-refractivity contribution in [1.29, 1.82) is 0 Å². The number of likely N-dealkylation sites (tertiary alicyclic amines) is 1. The molecule has 2 aliphatic heterocycles. The Hall–Kier alpha value is -2.57. The van der Waals surface area contributed by atoms with E-state index in [1.165, 1.54) is 10.6 Å². The Morgan fingerprint density at radius 3 is 2.50 bits per heavy atom. The highest BCUT2D eigenvalue weighted by Crippen LogP contribution is 2.49. The molecule has 1 aromatic heterocycles. The average molecular weight is 550 g/mol. The van der Waals surface area contributed by atoms with Crippen molar-refractivity contribution in [3.63, 3.8) is 0 Å². The minimum absolute atomic E-state index is 0.150. The number of amides is 1. The van der Waals surface area contributed by atoms with Crippen molar-refractivity contribution in [3.05, 3.63) is 28.7 Å². The van der Waals surface area contributed by atoms with E-state index < -0.39 is 15.6 Å². The fraction of sp³-hybridized carbons (Fsp3) is 0.692. The summed E-state index contributed by atoms with van der Waals surface area (Å²) in [6.07, 6.45) is 3.97. The molecule has 5 rings (SSSR count). The van der Waals surface area contributed by atoms with Gasteiger partial charge in [0.1, 0.15) is 5.60 Å². The van der Waals surface area contributed by atoms with Gasteiger partial charge in [-0.05, 0) is 63.6 Å². The minimum atomic E-state index is -3.17. The van der Waals surface area contributed by atoms with Crippen molar-refractivity contribution in [1.82, 2.24) is 18.7 Å². The lowest BCUT2D eigenvalue weighted by Gasteiger charge is -2.45. The second-order valence-corrected chi connectivity index (χ2v) is 14.1. The summed E-state index contributed by atoms with van der Waals surface area (Å²) in [5.41, 5.74) is 1.90. The zero-order valence-electron chi connectivity index (χ0n) is 22.7. The molecule has 0 atom stereocenters. The third kappa shape index (κ3) is 5.86. The van der Waals surface area contributed by atoms with Crippen LogP contribution in [0.2, 0.25) is 0 Å². The first-order valence-corrected chi connectivity index (χ1v) is 15.2. The summed E-state index contributed by atoms with van der Waals surface area (Å²) in [5.74, 6) is -0.386. The molecular weight excluding hydrogens is 510 g/mol. The summed E-state index contributed by atoms with van der Waals surface area (Å²) in [6.45, 7) is 10.5. The van der Waals surface area contributed by atoms with Crippen LogP contribution in [-0.2, 0) is 21.3 Å². The Labute approximate surface area is 223 Å². The number of hydrogen-bond acceptors (Lipinski definition) is 8. The number of carbonyl (C=O) groups excluding carboxylic acids is 1. The maximum absolute atomic E-state index is 12.6. The van der Waals surface area contributed by atoms with E-state index in [9.17, 15) is 18.0 Å². The largest absolute Gasteiger partial charge is 0.444 e. The SMILES string of the molecule is CC(C)(C)OC(=O)N1CCC2(CC(Nc3ccc4oc(=O)n(CCN5CCN(S(C)(=O)=O)CC5)c4c3)C2)C1. The van der Waals surface area contributed by atoms with Crippen LogP contribution in [0.5, 0.6) is 0 Å². The number of rotatable bonds is 6. The molecule has 2 aromatic rings. The molecule has 2 saturated heterocycles. The first-order valence-electron chi connectivity index (χ1n) is 13.4. The van der Waals surface area contributed by atoms with Crippen LogP contribution in [0.15, 0.2) is 27.4 Å². The summed E-state index contributed by atoms with van der Waals surface area (Å²) >= 11 is 0. The number of aromatic nitrogens is 1. The molecule has 3 fully saturated rings. The van der Waals surface area contributed by atoms with Crippen LogP contribution < -0.4 is 11.1 Å². The van der Waals surface area contributed by atoms with Crippen molar-refractivity contribution in [3.8, 4) is 0 Å². The molecule has 1 aliphatic carbocycles. The lowest BCUT2D eigenvalue weighted by molar-refractivity contribution is 0.0237. The maximum atomic E-state index is 12.6. The molecule has 1 N–H and O–H groups in total. The Kier molecular flexibility index (Phi) is 7.02. The van der Waals surface area contributed by atoms with Gasteiger partial charge in [0.25, 0.3) is 0 Å². The second-order valence-electron chi connectivity index (χ2n) is 12.1. The van der Waals surface area contributed by atoms with E-state index in [1.807, 2.05) is 43.9 Å². The number of fused-ring (bicyclic) bond motifs is 1. The third-order valence-corrected chi connectivity index (χ3v) is 9.23. The standard InChI is InChI=1S/C26H39N5O6S/c1-25(2,3)37-23(32)29-8-7-26(18-29)16-20(17-26)27-19-5-6-22-21(15-19)31(24(33)36-22)14-11-28-9-12-30(13-10-28)38(4,34)35/h5-6,15,20,27H,7-14,16-18H2,1-4H3. The number of benzene rings is 1. The molecule has 0 radical (unpaired) electrons. The highest BCUT2D eigenvalue weighted by Gasteiger charge is 2.50. The summed E-state index contributed by atoms with van der Waals surface area (Å²) in [7, 11) is -3.17. The number of sulfonamides is 1. The normalized spacial score (nSPS) is 25.2. The van der Waals surface area contributed by atoms with Gasteiger partial charge in [0.05, 0.1) is 11.8 Å². The number of carbonyl (C=O) groups is 1. The van der Waals surface area contributed by atoms with E-state index in [0.717, 1.165) is 43.6 Å². The Morgan fingerprint density at radius 2 is 1.84 bits per heavy atom. The minimum Gasteiger partial charge on any atom is -0.444 e. The fourth-order valence-corrected chi connectivity index (χ4v) is 6.79. The lowest BCUT2D eigenvalue weighted by atomic mass is 9.65. The molecule has 3 aliphatic rings. The Bertz CT molecular complexity index is 1350. The maximum Gasteiger partial charge on any atom is 0.419 e. The van der Waals surface area contributed by atoms with Crippen LogP contribution >= 0.6 is 0 Å². The van der Waals surface area contributed by atoms with E-state index in [-0.39, 0.29) is 17.3 Å².